The number of amides is 1. The molecule has 1 aliphatic heterocycles. The van der Waals surface area contributed by atoms with Crippen LogP contribution >= 0.6 is 0 Å². The number of halogens is 2. The SMILES string of the molecule is O=C1Nc2ccc(F)cc2/C1=C/c1ccc(-c2cn(-c3ccccc3F)nn2)cc1. The number of aromatic nitrogens is 3. The minimum Gasteiger partial charge on any atom is -0.321 e. The van der Waals surface area contributed by atoms with Crippen molar-refractivity contribution in [1.82, 2.24) is 15.0 Å². The molecule has 1 amide bonds. The molecule has 30 heavy (non-hydrogen) atoms. The molecule has 0 saturated heterocycles. The molecule has 0 bridgehead atoms. The van der Waals surface area contributed by atoms with Crippen LogP contribution in [-0.2, 0) is 4.79 Å². The number of carbonyl (C=O) groups excluding carboxylic acids is 1. The van der Waals surface area contributed by atoms with E-state index in [4.69, 9.17) is 0 Å². The predicted octanol–water partition coefficient (Wildman–Crippen LogP) is 4.71. The van der Waals surface area contributed by atoms with E-state index in [1.807, 2.05) is 24.3 Å². The molecule has 0 unspecified atom stereocenters. The van der Waals surface area contributed by atoms with Gasteiger partial charge >= 0.3 is 0 Å². The first-order valence-electron chi connectivity index (χ1n) is 9.19. The first kappa shape index (κ1) is 17.9. The second-order valence-corrected chi connectivity index (χ2v) is 6.82. The van der Waals surface area contributed by atoms with Crippen LogP contribution in [0.1, 0.15) is 11.1 Å². The van der Waals surface area contributed by atoms with E-state index in [0.29, 0.717) is 28.2 Å². The maximum Gasteiger partial charge on any atom is 0.256 e. The summed E-state index contributed by atoms with van der Waals surface area (Å²) >= 11 is 0. The summed E-state index contributed by atoms with van der Waals surface area (Å²) in [5, 5.41) is 10.8. The average Bonchev–Trinajstić information content (AvgIpc) is 3.35. The quantitative estimate of drug-likeness (QED) is 0.507. The largest absolute Gasteiger partial charge is 0.321 e. The lowest BCUT2D eigenvalue weighted by molar-refractivity contribution is -0.110. The van der Waals surface area contributed by atoms with Crippen molar-refractivity contribution in [3.8, 4) is 16.9 Å². The summed E-state index contributed by atoms with van der Waals surface area (Å²) in [5.74, 6) is -1.06. The highest BCUT2D eigenvalue weighted by Gasteiger charge is 2.24. The zero-order chi connectivity index (χ0) is 20.7. The number of anilines is 1. The average molecular weight is 400 g/mol. The third-order valence-corrected chi connectivity index (χ3v) is 4.87. The van der Waals surface area contributed by atoms with Crippen molar-refractivity contribution in [2.75, 3.05) is 5.32 Å². The van der Waals surface area contributed by atoms with Crippen LogP contribution in [0.25, 0.3) is 28.6 Å². The zero-order valence-electron chi connectivity index (χ0n) is 15.5. The third kappa shape index (κ3) is 3.16. The molecule has 2 heterocycles. The molecule has 1 aliphatic rings. The van der Waals surface area contributed by atoms with Crippen LogP contribution in [0.3, 0.4) is 0 Å². The van der Waals surface area contributed by atoms with E-state index in [2.05, 4.69) is 15.6 Å². The second kappa shape index (κ2) is 7.04. The maximum absolute atomic E-state index is 13.9. The molecule has 0 saturated carbocycles. The lowest BCUT2D eigenvalue weighted by Crippen LogP contribution is -2.03. The normalized spacial score (nSPS) is 14.1. The lowest BCUT2D eigenvalue weighted by Gasteiger charge is -2.01. The maximum atomic E-state index is 13.9. The number of carbonyl (C=O) groups is 1. The van der Waals surface area contributed by atoms with Gasteiger partial charge in [-0.2, -0.15) is 0 Å². The molecule has 1 aromatic heterocycles. The van der Waals surface area contributed by atoms with Gasteiger partial charge in [-0.3, -0.25) is 4.79 Å². The minimum absolute atomic E-state index is 0.271. The van der Waals surface area contributed by atoms with Crippen LogP contribution in [-0.4, -0.2) is 20.9 Å². The molecule has 0 fully saturated rings. The van der Waals surface area contributed by atoms with E-state index in [1.165, 1.54) is 22.9 Å². The molecule has 5 nitrogen and oxygen atoms in total. The van der Waals surface area contributed by atoms with E-state index in [0.717, 1.165) is 11.1 Å². The molecule has 1 N–H and O–H groups in total. The van der Waals surface area contributed by atoms with Crippen LogP contribution in [0, 0.1) is 11.6 Å². The summed E-state index contributed by atoms with van der Waals surface area (Å²) in [5.41, 5.74) is 4.01. The van der Waals surface area contributed by atoms with Gasteiger partial charge in [0.1, 0.15) is 23.0 Å². The first-order chi connectivity index (χ1) is 14.6. The van der Waals surface area contributed by atoms with Crippen molar-refractivity contribution in [1.29, 1.82) is 0 Å². The Bertz CT molecular complexity index is 1310. The smallest absolute Gasteiger partial charge is 0.256 e. The lowest BCUT2D eigenvalue weighted by atomic mass is 10.0. The number of hydrogen-bond donors (Lipinski definition) is 1. The summed E-state index contributed by atoms with van der Waals surface area (Å²) in [6.07, 6.45) is 3.36. The molecular formula is C23H14F2N4O. The Hall–Kier alpha value is -4.13. The fraction of sp³-hybridized carbons (Fsp3) is 0. The number of benzene rings is 3. The van der Waals surface area contributed by atoms with Crippen LogP contribution in [0.5, 0.6) is 0 Å². The monoisotopic (exact) mass is 400 g/mol. The highest BCUT2D eigenvalue weighted by Crippen LogP contribution is 2.33. The Kier molecular flexibility index (Phi) is 4.21. The third-order valence-electron chi connectivity index (χ3n) is 4.87. The first-order valence-corrected chi connectivity index (χ1v) is 9.19. The van der Waals surface area contributed by atoms with Gasteiger partial charge in [0.25, 0.3) is 5.91 Å². The summed E-state index contributed by atoms with van der Waals surface area (Å²) in [6.45, 7) is 0. The zero-order valence-corrected chi connectivity index (χ0v) is 15.5. The summed E-state index contributed by atoms with van der Waals surface area (Å²) in [6, 6.07) is 17.9. The van der Waals surface area contributed by atoms with Crippen molar-refractivity contribution >= 4 is 23.2 Å². The van der Waals surface area contributed by atoms with Crippen molar-refractivity contribution in [2.45, 2.75) is 0 Å². The Morgan fingerprint density at radius 3 is 2.57 bits per heavy atom. The number of nitrogens with one attached hydrogen (secondary N) is 1. The molecule has 0 aliphatic carbocycles. The van der Waals surface area contributed by atoms with Gasteiger partial charge in [0.2, 0.25) is 0 Å². The minimum atomic E-state index is -0.399. The standard InChI is InChI=1S/C23H14F2N4O/c24-16-9-10-20-17(12-16)18(23(30)26-20)11-14-5-7-15(8-6-14)21-13-29(28-27-21)22-4-2-1-3-19(22)25/h1-13H,(H,26,30)/b18-11-. The van der Waals surface area contributed by atoms with Gasteiger partial charge in [-0.05, 0) is 42.0 Å². The number of hydrogen-bond acceptors (Lipinski definition) is 3. The van der Waals surface area contributed by atoms with E-state index in [1.54, 1.807) is 36.5 Å². The molecule has 3 aromatic carbocycles. The Morgan fingerprint density at radius 2 is 1.77 bits per heavy atom. The van der Waals surface area contributed by atoms with Gasteiger partial charge < -0.3 is 5.32 Å². The van der Waals surface area contributed by atoms with Crippen LogP contribution < -0.4 is 5.32 Å². The van der Waals surface area contributed by atoms with Gasteiger partial charge in [0.15, 0.2) is 0 Å². The molecule has 146 valence electrons. The van der Waals surface area contributed by atoms with Crippen LogP contribution in [0.4, 0.5) is 14.5 Å². The van der Waals surface area contributed by atoms with Gasteiger partial charge in [-0.25, -0.2) is 13.5 Å². The Morgan fingerprint density at radius 1 is 0.967 bits per heavy atom. The Labute approximate surface area is 170 Å². The van der Waals surface area contributed by atoms with Gasteiger partial charge in [0.05, 0.1) is 6.20 Å². The molecule has 0 radical (unpaired) electrons. The summed E-state index contributed by atoms with van der Waals surface area (Å²) in [4.78, 5) is 12.2. The second-order valence-electron chi connectivity index (χ2n) is 6.82. The number of fused-ring (bicyclic) bond motifs is 1. The van der Waals surface area contributed by atoms with E-state index in [-0.39, 0.29) is 11.7 Å². The highest BCUT2D eigenvalue weighted by molar-refractivity contribution is 6.34. The molecule has 5 rings (SSSR count). The van der Waals surface area contributed by atoms with Gasteiger partial charge in [0, 0.05) is 22.4 Å². The van der Waals surface area contributed by atoms with E-state index in [9.17, 15) is 13.6 Å². The molecule has 0 spiro atoms. The number of para-hydroxylation sites is 1. The molecule has 7 heteroatoms. The highest BCUT2D eigenvalue weighted by atomic mass is 19.1. The fourth-order valence-electron chi connectivity index (χ4n) is 3.37. The van der Waals surface area contributed by atoms with E-state index < -0.39 is 5.82 Å². The summed E-state index contributed by atoms with van der Waals surface area (Å²) in [7, 11) is 0. The van der Waals surface area contributed by atoms with Crippen molar-refractivity contribution in [3.05, 3.63) is 95.7 Å². The van der Waals surface area contributed by atoms with Gasteiger partial charge in [-0.1, -0.05) is 41.6 Å². The van der Waals surface area contributed by atoms with E-state index >= 15 is 0 Å². The molecule has 4 aromatic rings. The van der Waals surface area contributed by atoms with Crippen molar-refractivity contribution in [2.24, 2.45) is 0 Å². The Balaban J connectivity index is 1.44. The van der Waals surface area contributed by atoms with Crippen LogP contribution in [0.2, 0.25) is 0 Å². The van der Waals surface area contributed by atoms with Crippen molar-refractivity contribution < 1.29 is 13.6 Å². The summed E-state index contributed by atoms with van der Waals surface area (Å²) < 4.78 is 28.9. The predicted molar refractivity (Wildman–Crippen MR) is 110 cm³/mol. The number of nitrogens with zero attached hydrogens (tertiary/aromatic N) is 3. The van der Waals surface area contributed by atoms with Gasteiger partial charge in [-0.15, -0.1) is 5.10 Å². The van der Waals surface area contributed by atoms with Crippen molar-refractivity contribution in [3.63, 3.8) is 0 Å². The molecule has 0 atom stereocenters. The molecular weight excluding hydrogens is 386 g/mol. The number of rotatable bonds is 3. The van der Waals surface area contributed by atoms with Crippen LogP contribution in [0.15, 0.2) is 72.9 Å². The topological polar surface area (TPSA) is 59.8 Å². The fourth-order valence-corrected chi connectivity index (χ4v) is 3.37.